The molecule has 2 heteroatoms. The molecule has 2 heterocycles. The average Bonchev–Trinajstić information content (AvgIpc) is 2.46. The molecule has 2 nitrogen and oxygen atoms in total. The SMILES string of the molecule is CCN(C(C)C)C1CC2CCC(C1)N2. The Kier molecular flexibility index (Phi) is 3.13. The molecule has 2 bridgehead atoms. The lowest BCUT2D eigenvalue weighted by Gasteiger charge is -2.39. The Morgan fingerprint density at radius 2 is 1.79 bits per heavy atom. The summed E-state index contributed by atoms with van der Waals surface area (Å²) >= 11 is 0. The van der Waals surface area contributed by atoms with E-state index in [9.17, 15) is 0 Å². The van der Waals surface area contributed by atoms with Gasteiger partial charge >= 0.3 is 0 Å². The van der Waals surface area contributed by atoms with Gasteiger partial charge < -0.3 is 5.32 Å². The van der Waals surface area contributed by atoms with E-state index in [1.165, 1.54) is 32.2 Å². The maximum Gasteiger partial charge on any atom is 0.0127 e. The Labute approximate surface area is 88.1 Å². The zero-order valence-electron chi connectivity index (χ0n) is 9.79. The van der Waals surface area contributed by atoms with Crippen LogP contribution in [0.1, 0.15) is 46.5 Å². The van der Waals surface area contributed by atoms with Gasteiger partial charge in [-0.15, -0.1) is 0 Å². The molecule has 14 heavy (non-hydrogen) atoms. The van der Waals surface area contributed by atoms with Crippen molar-refractivity contribution < 1.29 is 0 Å². The third kappa shape index (κ3) is 1.96. The van der Waals surface area contributed by atoms with Crippen LogP contribution in [0.5, 0.6) is 0 Å². The first kappa shape index (κ1) is 10.4. The van der Waals surface area contributed by atoms with Gasteiger partial charge in [0.15, 0.2) is 0 Å². The lowest BCUT2D eigenvalue weighted by molar-refractivity contribution is 0.116. The van der Waals surface area contributed by atoms with Crippen molar-refractivity contribution in [3.8, 4) is 0 Å². The maximum atomic E-state index is 3.71. The van der Waals surface area contributed by atoms with Crippen molar-refractivity contribution in [1.82, 2.24) is 10.2 Å². The lowest BCUT2D eigenvalue weighted by atomic mass is 9.97. The van der Waals surface area contributed by atoms with Gasteiger partial charge in [-0.3, -0.25) is 4.90 Å². The van der Waals surface area contributed by atoms with E-state index < -0.39 is 0 Å². The first-order valence-corrected chi connectivity index (χ1v) is 6.22. The quantitative estimate of drug-likeness (QED) is 0.742. The van der Waals surface area contributed by atoms with E-state index in [0.29, 0.717) is 6.04 Å². The summed E-state index contributed by atoms with van der Waals surface area (Å²) in [7, 11) is 0. The molecule has 2 aliphatic rings. The summed E-state index contributed by atoms with van der Waals surface area (Å²) in [5, 5.41) is 3.71. The minimum atomic E-state index is 0.711. The summed E-state index contributed by atoms with van der Waals surface area (Å²) in [5.41, 5.74) is 0. The lowest BCUT2D eigenvalue weighted by Crippen LogP contribution is -2.50. The highest BCUT2D eigenvalue weighted by atomic mass is 15.2. The third-order valence-electron chi connectivity index (χ3n) is 3.95. The van der Waals surface area contributed by atoms with Gasteiger partial charge in [-0.25, -0.2) is 0 Å². The first-order chi connectivity index (χ1) is 6.70. The summed E-state index contributed by atoms with van der Waals surface area (Å²) in [6, 6.07) is 3.21. The van der Waals surface area contributed by atoms with Crippen LogP contribution >= 0.6 is 0 Å². The van der Waals surface area contributed by atoms with Gasteiger partial charge in [-0.05, 0) is 46.1 Å². The molecule has 0 aromatic rings. The molecular weight excluding hydrogens is 172 g/mol. The highest BCUT2D eigenvalue weighted by Crippen LogP contribution is 2.30. The van der Waals surface area contributed by atoms with Gasteiger partial charge in [0.2, 0.25) is 0 Å². The number of piperidine rings is 1. The van der Waals surface area contributed by atoms with Crippen molar-refractivity contribution in [1.29, 1.82) is 0 Å². The second-order valence-electron chi connectivity index (χ2n) is 5.19. The van der Waals surface area contributed by atoms with E-state index in [4.69, 9.17) is 0 Å². The molecule has 2 saturated heterocycles. The van der Waals surface area contributed by atoms with Crippen molar-refractivity contribution in [2.75, 3.05) is 6.54 Å². The van der Waals surface area contributed by atoms with Crippen molar-refractivity contribution >= 4 is 0 Å². The van der Waals surface area contributed by atoms with Crippen LogP contribution in [0.4, 0.5) is 0 Å². The van der Waals surface area contributed by atoms with E-state index in [1.807, 2.05) is 0 Å². The Morgan fingerprint density at radius 1 is 1.21 bits per heavy atom. The third-order valence-corrected chi connectivity index (χ3v) is 3.95. The second kappa shape index (κ2) is 4.19. The molecule has 0 amide bonds. The van der Waals surface area contributed by atoms with E-state index in [0.717, 1.165) is 18.1 Å². The van der Waals surface area contributed by atoms with Gasteiger partial charge in [0.25, 0.3) is 0 Å². The van der Waals surface area contributed by atoms with Crippen molar-refractivity contribution in [2.24, 2.45) is 0 Å². The minimum absolute atomic E-state index is 0.711. The van der Waals surface area contributed by atoms with Crippen molar-refractivity contribution in [3.05, 3.63) is 0 Å². The monoisotopic (exact) mass is 196 g/mol. The zero-order chi connectivity index (χ0) is 10.1. The smallest absolute Gasteiger partial charge is 0.0127 e. The first-order valence-electron chi connectivity index (χ1n) is 6.22. The van der Waals surface area contributed by atoms with E-state index >= 15 is 0 Å². The molecule has 2 unspecified atom stereocenters. The number of nitrogens with zero attached hydrogens (tertiary/aromatic N) is 1. The van der Waals surface area contributed by atoms with Gasteiger partial charge in [0.1, 0.15) is 0 Å². The topological polar surface area (TPSA) is 15.3 Å². The molecule has 0 radical (unpaired) electrons. The summed E-state index contributed by atoms with van der Waals surface area (Å²) in [6.45, 7) is 8.16. The van der Waals surface area contributed by atoms with Crippen molar-refractivity contribution in [3.63, 3.8) is 0 Å². The normalized spacial score (nSPS) is 37.1. The fourth-order valence-corrected chi connectivity index (χ4v) is 3.34. The maximum absolute atomic E-state index is 3.71. The summed E-state index contributed by atoms with van der Waals surface area (Å²) in [5.74, 6) is 0. The molecule has 2 atom stereocenters. The number of fused-ring (bicyclic) bond motifs is 2. The summed E-state index contributed by atoms with van der Waals surface area (Å²) in [4.78, 5) is 2.67. The van der Waals surface area contributed by atoms with Crippen LogP contribution in [-0.2, 0) is 0 Å². The van der Waals surface area contributed by atoms with Crippen LogP contribution in [-0.4, -0.2) is 35.6 Å². The molecule has 82 valence electrons. The van der Waals surface area contributed by atoms with Crippen LogP contribution in [0.15, 0.2) is 0 Å². The number of nitrogens with one attached hydrogen (secondary N) is 1. The minimum Gasteiger partial charge on any atom is -0.311 e. The van der Waals surface area contributed by atoms with Crippen LogP contribution in [0.2, 0.25) is 0 Å². The molecule has 2 aliphatic heterocycles. The Morgan fingerprint density at radius 3 is 2.21 bits per heavy atom. The van der Waals surface area contributed by atoms with Gasteiger partial charge in [-0.1, -0.05) is 6.92 Å². The van der Waals surface area contributed by atoms with Crippen molar-refractivity contribution in [2.45, 2.75) is 70.6 Å². The Hall–Kier alpha value is -0.0800. The van der Waals surface area contributed by atoms with Crippen LogP contribution in [0.3, 0.4) is 0 Å². The molecule has 0 spiro atoms. The molecule has 0 aliphatic carbocycles. The predicted molar refractivity (Wildman–Crippen MR) is 60.5 cm³/mol. The molecule has 0 aromatic carbocycles. The largest absolute Gasteiger partial charge is 0.311 e. The predicted octanol–water partition coefficient (Wildman–Crippen LogP) is 2.00. The number of rotatable bonds is 3. The van der Waals surface area contributed by atoms with E-state index in [2.05, 4.69) is 31.0 Å². The van der Waals surface area contributed by atoms with Crippen LogP contribution in [0.25, 0.3) is 0 Å². The van der Waals surface area contributed by atoms with E-state index in [1.54, 1.807) is 0 Å². The van der Waals surface area contributed by atoms with Crippen LogP contribution in [0, 0.1) is 0 Å². The van der Waals surface area contributed by atoms with E-state index in [-0.39, 0.29) is 0 Å². The molecule has 2 fully saturated rings. The summed E-state index contributed by atoms with van der Waals surface area (Å²) in [6.07, 6.45) is 5.58. The average molecular weight is 196 g/mol. The molecule has 0 aromatic heterocycles. The second-order valence-corrected chi connectivity index (χ2v) is 5.19. The highest BCUT2D eigenvalue weighted by Gasteiger charge is 2.36. The number of hydrogen-bond acceptors (Lipinski definition) is 2. The molecular formula is C12H24N2. The fourth-order valence-electron chi connectivity index (χ4n) is 3.34. The van der Waals surface area contributed by atoms with Gasteiger partial charge in [0, 0.05) is 24.2 Å². The summed E-state index contributed by atoms with van der Waals surface area (Å²) < 4.78 is 0. The number of hydrogen-bond donors (Lipinski definition) is 1. The molecule has 2 rings (SSSR count). The van der Waals surface area contributed by atoms with Gasteiger partial charge in [-0.2, -0.15) is 0 Å². The van der Waals surface area contributed by atoms with Crippen LogP contribution < -0.4 is 5.32 Å². The highest BCUT2D eigenvalue weighted by molar-refractivity contribution is 4.95. The van der Waals surface area contributed by atoms with Gasteiger partial charge in [0.05, 0.1) is 0 Å². The Bertz CT molecular complexity index is 179. The standard InChI is InChI=1S/C12H24N2/c1-4-14(9(2)3)12-7-10-5-6-11(8-12)13-10/h9-13H,4-8H2,1-3H3. The fraction of sp³-hybridized carbons (Fsp3) is 1.00. The molecule has 1 N–H and O–H groups in total. The zero-order valence-corrected chi connectivity index (χ0v) is 9.79. The Balaban J connectivity index is 1.97. The molecule has 0 saturated carbocycles.